The predicted octanol–water partition coefficient (Wildman–Crippen LogP) is -0.205. The summed E-state index contributed by atoms with van der Waals surface area (Å²) in [5.74, 6) is -0.957. The quantitative estimate of drug-likeness (QED) is 0.610. The van der Waals surface area contributed by atoms with Crippen molar-refractivity contribution in [2.45, 2.75) is 38.3 Å². The molecule has 1 aliphatic heterocycles. The number of aromatic nitrogens is 2. The summed E-state index contributed by atoms with van der Waals surface area (Å²) >= 11 is 0. The number of carboxylic acid groups (broad SMARTS) is 1. The lowest BCUT2D eigenvalue weighted by Gasteiger charge is -2.38. The van der Waals surface area contributed by atoms with Gasteiger partial charge in [-0.1, -0.05) is 6.42 Å². The van der Waals surface area contributed by atoms with Crippen molar-refractivity contribution in [2.75, 3.05) is 6.54 Å². The number of hydrogen-bond acceptors (Lipinski definition) is 4. The molecule has 0 aromatic carbocycles. The number of nitrogens with one attached hydrogen (secondary N) is 3. The van der Waals surface area contributed by atoms with Gasteiger partial charge in [0.05, 0.1) is 29.2 Å². The van der Waals surface area contributed by atoms with Gasteiger partial charge in [-0.15, -0.1) is 0 Å². The third-order valence-electron chi connectivity index (χ3n) is 4.41. The van der Waals surface area contributed by atoms with E-state index in [0.717, 1.165) is 17.8 Å². The van der Waals surface area contributed by atoms with Gasteiger partial charge in [0, 0.05) is 19.5 Å². The number of rotatable bonds is 4. The first-order chi connectivity index (χ1) is 9.61. The van der Waals surface area contributed by atoms with Crippen LogP contribution in [0, 0.1) is 5.41 Å². The number of nitrogens with zero attached hydrogens (tertiary/aromatic N) is 1. The van der Waals surface area contributed by atoms with Crippen LogP contribution in [0.2, 0.25) is 0 Å². The molecule has 2 aliphatic rings. The maximum absolute atomic E-state index is 12.1. The van der Waals surface area contributed by atoms with Crippen LogP contribution in [-0.2, 0) is 22.6 Å². The largest absolute Gasteiger partial charge is 0.481 e. The number of hydrogen-bond donors (Lipinski definition) is 4. The number of fused-ring (bicyclic) bond motifs is 1. The zero-order valence-corrected chi connectivity index (χ0v) is 11.1. The van der Waals surface area contributed by atoms with Crippen LogP contribution in [0.15, 0.2) is 6.33 Å². The van der Waals surface area contributed by atoms with Crippen molar-refractivity contribution in [3.63, 3.8) is 0 Å². The van der Waals surface area contributed by atoms with E-state index in [4.69, 9.17) is 0 Å². The molecule has 20 heavy (non-hydrogen) atoms. The number of carbonyl (C=O) groups is 2. The maximum atomic E-state index is 12.1. The minimum Gasteiger partial charge on any atom is -0.481 e. The average Bonchev–Trinajstić information content (AvgIpc) is 2.83. The van der Waals surface area contributed by atoms with E-state index in [1.54, 1.807) is 6.33 Å². The van der Waals surface area contributed by atoms with E-state index in [0.29, 0.717) is 25.8 Å². The number of aromatic amines is 1. The van der Waals surface area contributed by atoms with Crippen LogP contribution in [0.3, 0.4) is 0 Å². The van der Waals surface area contributed by atoms with Gasteiger partial charge in [0.1, 0.15) is 0 Å². The molecule has 4 N–H and O–H groups in total. The van der Waals surface area contributed by atoms with Gasteiger partial charge in [0.2, 0.25) is 5.91 Å². The van der Waals surface area contributed by atoms with Crippen LogP contribution < -0.4 is 10.6 Å². The van der Waals surface area contributed by atoms with Crippen LogP contribution >= 0.6 is 0 Å². The highest BCUT2D eigenvalue weighted by molar-refractivity contribution is 5.83. The highest BCUT2D eigenvalue weighted by Gasteiger charge is 2.44. The van der Waals surface area contributed by atoms with Crippen molar-refractivity contribution in [1.29, 1.82) is 0 Å². The van der Waals surface area contributed by atoms with Gasteiger partial charge < -0.3 is 15.4 Å². The van der Waals surface area contributed by atoms with Crippen molar-refractivity contribution in [3.05, 3.63) is 17.7 Å². The molecule has 1 aromatic heterocycles. The second kappa shape index (κ2) is 4.90. The normalized spacial score (nSPS) is 23.5. The summed E-state index contributed by atoms with van der Waals surface area (Å²) < 4.78 is 0. The third-order valence-corrected chi connectivity index (χ3v) is 4.41. The number of imidazole rings is 1. The fourth-order valence-corrected chi connectivity index (χ4v) is 2.80. The number of amides is 1. The number of aliphatic carboxylic acids is 1. The highest BCUT2D eigenvalue weighted by Crippen LogP contribution is 2.40. The van der Waals surface area contributed by atoms with E-state index in [2.05, 4.69) is 20.6 Å². The third kappa shape index (κ3) is 2.18. The molecule has 1 atom stereocenters. The van der Waals surface area contributed by atoms with E-state index in [-0.39, 0.29) is 18.5 Å². The van der Waals surface area contributed by atoms with Crippen molar-refractivity contribution < 1.29 is 14.7 Å². The lowest BCUT2D eigenvalue weighted by Crippen LogP contribution is -2.53. The smallest absolute Gasteiger partial charge is 0.311 e. The monoisotopic (exact) mass is 278 g/mol. The zero-order valence-electron chi connectivity index (χ0n) is 11.1. The van der Waals surface area contributed by atoms with Gasteiger partial charge in [-0.25, -0.2) is 4.98 Å². The van der Waals surface area contributed by atoms with Gasteiger partial charge in [-0.3, -0.25) is 14.9 Å². The summed E-state index contributed by atoms with van der Waals surface area (Å²) in [4.78, 5) is 30.6. The summed E-state index contributed by atoms with van der Waals surface area (Å²) in [7, 11) is 0. The van der Waals surface area contributed by atoms with Crippen LogP contribution in [0.1, 0.15) is 30.7 Å². The van der Waals surface area contributed by atoms with Crippen molar-refractivity contribution in [2.24, 2.45) is 5.41 Å². The molecule has 7 nitrogen and oxygen atoms in total. The van der Waals surface area contributed by atoms with Gasteiger partial charge >= 0.3 is 5.97 Å². The Morgan fingerprint density at radius 3 is 2.95 bits per heavy atom. The number of carbonyl (C=O) groups excluding carboxylic acids is 1. The van der Waals surface area contributed by atoms with E-state index < -0.39 is 11.4 Å². The molecule has 1 saturated carbocycles. The average molecular weight is 278 g/mol. The van der Waals surface area contributed by atoms with Gasteiger partial charge in [0.15, 0.2) is 0 Å². The van der Waals surface area contributed by atoms with E-state index in [9.17, 15) is 14.7 Å². The van der Waals surface area contributed by atoms with Crippen LogP contribution in [0.25, 0.3) is 0 Å². The van der Waals surface area contributed by atoms with Crippen molar-refractivity contribution in [1.82, 2.24) is 20.6 Å². The molecular formula is C13H18N4O3. The Hall–Kier alpha value is -1.89. The van der Waals surface area contributed by atoms with Crippen molar-refractivity contribution in [3.8, 4) is 0 Å². The summed E-state index contributed by atoms with van der Waals surface area (Å²) in [6, 6.07) is -0.336. The highest BCUT2D eigenvalue weighted by atomic mass is 16.4. The Kier molecular flexibility index (Phi) is 3.21. The van der Waals surface area contributed by atoms with Crippen LogP contribution in [0.5, 0.6) is 0 Å². The standard InChI is InChI=1S/C13H18N4O3/c18-11(15-6-13(12(19)20)2-1-3-13)9-4-8-10(5-14-9)17-7-16-8/h7,9,14H,1-6H2,(H,15,18)(H,16,17)(H,19,20). The molecule has 108 valence electrons. The first kappa shape index (κ1) is 13.1. The molecular weight excluding hydrogens is 260 g/mol. The molecule has 0 spiro atoms. The molecule has 2 heterocycles. The summed E-state index contributed by atoms with van der Waals surface area (Å²) in [5.41, 5.74) is 1.16. The fourth-order valence-electron chi connectivity index (χ4n) is 2.80. The molecule has 0 bridgehead atoms. The Labute approximate surface area is 116 Å². The second-order valence-corrected chi connectivity index (χ2v) is 5.62. The first-order valence-corrected chi connectivity index (χ1v) is 6.86. The Morgan fingerprint density at radius 1 is 1.50 bits per heavy atom. The van der Waals surface area contributed by atoms with Crippen LogP contribution in [0.4, 0.5) is 0 Å². The lowest BCUT2D eigenvalue weighted by molar-refractivity contribution is -0.154. The van der Waals surface area contributed by atoms with E-state index in [1.165, 1.54) is 0 Å². The molecule has 1 amide bonds. The molecule has 3 rings (SSSR count). The van der Waals surface area contributed by atoms with Gasteiger partial charge in [-0.05, 0) is 12.8 Å². The van der Waals surface area contributed by atoms with E-state index in [1.807, 2.05) is 0 Å². The van der Waals surface area contributed by atoms with Crippen LogP contribution in [-0.4, -0.2) is 39.5 Å². The molecule has 1 fully saturated rings. The van der Waals surface area contributed by atoms with Gasteiger partial charge in [-0.2, -0.15) is 0 Å². The number of H-pyrrole nitrogens is 1. The summed E-state index contributed by atoms with van der Waals surface area (Å²) in [5, 5.41) is 15.1. The van der Waals surface area contributed by atoms with Crippen molar-refractivity contribution >= 4 is 11.9 Å². The number of carboxylic acids is 1. The summed E-state index contributed by atoms with van der Waals surface area (Å²) in [6.07, 6.45) is 4.36. The Balaban J connectivity index is 1.57. The predicted molar refractivity (Wildman–Crippen MR) is 69.8 cm³/mol. The fraction of sp³-hybridized carbons (Fsp3) is 0.615. The summed E-state index contributed by atoms with van der Waals surface area (Å²) in [6.45, 7) is 0.796. The molecule has 1 aromatic rings. The lowest BCUT2D eigenvalue weighted by atomic mass is 9.69. The second-order valence-electron chi connectivity index (χ2n) is 5.62. The molecule has 0 saturated heterocycles. The van der Waals surface area contributed by atoms with Gasteiger partial charge in [0.25, 0.3) is 0 Å². The first-order valence-electron chi connectivity index (χ1n) is 6.86. The molecule has 7 heteroatoms. The Morgan fingerprint density at radius 2 is 2.30 bits per heavy atom. The van der Waals surface area contributed by atoms with E-state index >= 15 is 0 Å². The topological polar surface area (TPSA) is 107 Å². The maximum Gasteiger partial charge on any atom is 0.311 e. The molecule has 0 radical (unpaired) electrons. The SMILES string of the molecule is O=C(NCC1(C(=O)O)CCC1)C1Cc2nc[nH]c2CN1. The molecule has 1 unspecified atom stereocenters. The Bertz CT molecular complexity index is 535. The molecule has 1 aliphatic carbocycles. The minimum atomic E-state index is -0.810. The minimum absolute atomic E-state index is 0.147. The zero-order chi connectivity index (χ0) is 14.2.